The number of carbonyl (C=O) groups excluding carboxylic acids is 2. The van der Waals surface area contributed by atoms with Crippen LogP contribution in [0.5, 0.6) is 5.75 Å². The Balaban J connectivity index is 1.81. The Morgan fingerprint density at radius 1 is 1.31 bits per heavy atom. The van der Waals surface area contributed by atoms with Gasteiger partial charge in [0.15, 0.2) is 0 Å². The van der Waals surface area contributed by atoms with E-state index in [0.717, 1.165) is 22.4 Å². The first kappa shape index (κ1) is 18.9. The van der Waals surface area contributed by atoms with Crippen molar-refractivity contribution in [1.29, 1.82) is 0 Å². The number of hydrogen-bond acceptors (Lipinski definition) is 5. The third-order valence-corrected chi connectivity index (χ3v) is 4.96. The lowest BCUT2D eigenvalue weighted by atomic mass is 9.98. The molecule has 6 nitrogen and oxygen atoms in total. The molecule has 1 unspecified atom stereocenters. The van der Waals surface area contributed by atoms with Gasteiger partial charge in [0.25, 0.3) is 0 Å². The van der Waals surface area contributed by atoms with E-state index in [4.69, 9.17) is 9.47 Å². The zero-order chi connectivity index (χ0) is 18.5. The van der Waals surface area contributed by atoms with Crippen LogP contribution < -0.4 is 10.1 Å². The molecule has 1 fully saturated rings. The van der Waals surface area contributed by atoms with Gasteiger partial charge < -0.3 is 14.8 Å². The maximum atomic E-state index is 12.2. The van der Waals surface area contributed by atoms with E-state index in [1.165, 1.54) is 0 Å². The molecule has 0 radical (unpaired) electrons. The standard InChI is InChI=1S/C19H24N2O4S/c1-20-17(22)5-2-13-10-15-11-14(3-4-16(15)25-12-13)18(19(23)26)21-6-8-24-9-7-21/h3-4,10-11,18H,2,5-9,12H2,1H3,(H,20,22)(H,23,26). The number of ether oxygens (including phenoxy) is 2. The molecule has 1 amide bonds. The van der Waals surface area contributed by atoms with Crippen molar-refractivity contribution in [2.45, 2.75) is 18.9 Å². The Morgan fingerprint density at radius 3 is 2.77 bits per heavy atom. The van der Waals surface area contributed by atoms with Gasteiger partial charge in [0.1, 0.15) is 18.4 Å². The van der Waals surface area contributed by atoms with Crippen LogP contribution in [-0.2, 0) is 14.3 Å². The quantitative estimate of drug-likeness (QED) is 0.742. The maximum Gasteiger partial charge on any atom is 0.220 e. The van der Waals surface area contributed by atoms with Crippen molar-refractivity contribution in [1.82, 2.24) is 10.2 Å². The van der Waals surface area contributed by atoms with Crippen molar-refractivity contribution < 1.29 is 19.1 Å². The van der Waals surface area contributed by atoms with E-state index >= 15 is 0 Å². The third-order valence-electron chi connectivity index (χ3n) is 4.72. The normalized spacial score (nSPS) is 18.3. The highest BCUT2D eigenvalue weighted by molar-refractivity contribution is 7.96. The third kappa shape index (κ3) is 4.47. The Bertz CT molecular complexity index is 713. The van der Waals surface area contributed by atoms with E-state index < -0.39 is 6.04 Å². The largest absolute Gasteiger partial charge is 0.489 e. The predicted octanol–water partition coefficient (Wildman–Crippen LogP) is 1.82. The number of nitrogens with one attached hydrogen (secondary N) is 1. The minimum atomic E-state index is -0.392. The van der Waals surface area contributed by atoms with Crippen LogP contribution in [0.2, 0.25) is 0 Å². The fourth-order valence-corrected chi connectivity index (χ4v) is 3.61. The van der Waals surface area contributed by atoms with E-state index in [-0.39, 0.29) is 11.0 Å². The van der Waals surface area contributed by atoms with Gasteiger partial charge in [-0.1, -0.05) is 6.07 Å². The Labute approximate surface area is 158 Å². The summed E-state index contributed by atoms with van der Waals surface area (Å²) in [6.07, 6.45) is 3.15. The number of rotatable bonds is 6. The summed E-state index contributed by atoms with van der Waals surface area (Å²) in [5.41, 5.74) is 2.91. The molecule has 0 aliphatic carbocycles. The van der Waals surface area contributed by atoms with Crippen molar-refractivity contribution >= 4 is 29.7 Å². The molecular formula is C19H24N2O4S. The summed E-state index contributed by atoms with van der Waals surface area (Å²) < 4.78 is 11.2. The van der Waals surface area contributed by atoms with E-state index in [0.29, 0.717) is 45.8 Å². The van der Waals surface area contributed by atoms with Gasteiger partial charge in [0.05, 0.1) is 13.2 Å². The van der Waals surface area contributed by atoms with Crippen molar-refractivity contribution in [2.24, 2.45) is 0 Å². The highest BCUT2D eigenvalue weighted by Crippen LogP contribution is 2.33. The SMILES string of the molecule is CNC(=O)CCC1=Cc2cc(C(C(=O)S)N3CCOCC3)ccc2OC1. The number of benzene rings is 1. The Morgan fingerprint density at radius 2 is 2.08 bits per heavy atom. The number of carbonyl (C=O) groups is 2. The molecule has 2 aliphatic heterocycles. The van der Waals surface area contributed by atoms with Gasteiger partial charge in [-0.25, -0.2) is 0 Å². The lowest BCUT2D eigenvalue weighted by Crippen LogP contribution is -2.41. The Hall–Kier alpha value is -1.83. The van der Waals surface area contributed by atoms with Crippen LogP contribution in [0.1, 0.15) is 30.0 Å². The molecule has 140 valence electrons. The second kappa shape index (κ2) is 8.70. The van der Waals surface area contributed by atoms with Crippen LogP contribution in [0, 0.1) is 0 Å². The molecule has 2 heterocycles. The summed E-state index contributed by atoms with van der Waals surface area (Å²) in [7, 11) is 1.63. The molecule has 0 saturated carbocycles. The first-order chi connectivity index (χ1) is 12.6. The summed E-state index contributed by atoms with van der Waals surface area (Å²) in [6.45, 7) is 3.14. The molecule has 2 aliphatic rings. The van der Waals surface area contributed by atoms with Gasteiger partial charge in [0, 0.05) is 32.1 Å². The average molecular weight is 376 g/mol. The fourth-order valence-electron chi connectivity index (χ4n) is 3.30. The lowest BCUT2D eigenvalue weighted by molar-refractivity contribution is -0.120. The summed E-state index contributed by atoms with van der Waals surface area (Å²) in [4.78, 5) is 25.7. The molecule has 1 N–H and O–H groups in total. The van der Waals surface area contributed by atoms with Crippen LogP contribution >= 0.6 is 12.6 Å². The molecule has 1 atom stereocenters. The topological polar surface area (TPSA) is 67.9 Å². The molecular weight excluding hydrogens is 352 g/mol. The lowest BCUT2D eigenvalue weighted by Gasteiger charge is -2.33. The van der Waals surface area contributed by atoms with Crippen LogP contribution in [0.25, 0.3) is 6.08 Å². The van der Waals surface area contributed by atoms with Gasteiger partial charge in [-0.15, -0.1) is 12.6 Å². The van der Waals surface area contributed by atoms with Crippen LogP contribution in [0.4, 0.5) is 0 Å². The molecule has 0 bridgehead atoms. The summed E-state index contributed by atoms with van der Waals surface area (Å²) in [6, 6.07) is 5.43. The molecule has 1 aromatic carbocycles. The minimum absolute atomic E-state index is 0.0125. The first-order valence-electron chi connectivity index (χ1n) is 8.80. The molecule has 26 heavy (non-hydrogen) atoms. The van der Waals surface area contributed by atoms with Crippen LogP contribution in [-0.4, -0.2) is 55.9 Å². The number of hydrogen-bond donors (Lipinski definition) is 2. The molecule has 1 saturated heterocycles. The summed E-state index contributed by atoms with van der Waals surface area (Å²) >= 11 is 4.11. The molecule has 7 heteroatoms. The van der Waals surface area contributed by atoms with E-state index in [1.54, 1.807) is 7.05 Å². The van der Waals surface area contributed by atoms with Crippen molar-refractivity contribution in [3.8, 4) is 5.75 Å². The minimum Gasteiger partial charge on any atom is -0.489 e. The van der Waals surface area contributed by atoms with Crippen molar-refractivity contribution in [3.05, 3.63) is 34.9 Å². The number of amides is 1. The number of thiol groups is 1. The number of fused-ring (bicyclic) bond motifs is 1. The average Bonchev–Trinajstić information content (AvgIpc) is 2.66. The smallest absolute Gasteiger partial charge is 0.220 e. The monoisotopic (exact) mass is 376 g/mol. The van der Waals surface area contributed by atoms with E-state index in [1.807, 2.05) is 18.2 Å². The van der Waals surface area contributed by atoms with Gasteiger partial charge >= 0.3 is 0 Å². The highest BCUT2D eigenvalue weighted by Gasteiger charge is 2.28. The van der Waals surface area contributed by atoms with Gasteiger partial charge in [-0.3, -0.25) is 14.5 Å². The zero-order valence-electron chi connectivity index (χ0n) is 14.9. The second-order valence-electron chi connectivity index (χ2n) is 6.45. The predicted molar refractivity (Wildman–Crippen MR) is 102 cm³/mol. The first-order valence-corrected chi connectivity index (χ1v) is 9.24. The van der Waals surface area contributed by atoms with Crippen LogP contribution in [0.3, 0.4) is 0 Å². The maximum absolute atomic E-state index is 12.2. The summed E-state index contributed by atoms with van der Waals surface area (Å²) in [5, 5.41) is 2.45. The summed E-state index contributed by atoms with van der Waals surface area (Å²) in [5.74, 6) is 0.809. The van der Waals surface area contributed by atoms with E-state index in [9.17, 15) is 9.59 Å². The molecule has 0 spiro atoms. The molecule has 0 aromatic heterocycles. The van der Waals surface area contributed by atoms with Gasteiger partial charge in [0.2, 0.25) is 11.0 Å². The van der Waals surface area contributed by atoms with Crippen LogP contribution in [0.15, 0.2) is 23.8 Å². The second-order valence-corrected chi connectivity index (χ2v) is 6.89. The number of nitrogens with zero attached hydrogens (tertiary/aromatic N) is 1. The Kier molecular flexibility index (Phi) is 6.34. The highest BCUT2D eigenvalue weighted by atomic mass is 32.1. The van der Waals surface area contributed by atoms with Crippen molar-refractivity contribution in [2.75, 3.05) is 40.0 Å². The molecule has 1 aromatic rings. The fraction of sp³-hybridized carbons (Fsp3) is 0.474. The van der Waals surface area contributed by atoms with Crippen molar-refractivity contribution in [3.63, 3.8) is 0 Å². The zero-order valence-corrected chi connectivity index (χ0v) is 15.8. The van der Waals surface area contributed by atoms with Gasteiger partial charge in [-0.2, -0.15) is 0 Å². The van der Waals surface area contributed by atoms with Gasteiger partial charge in [-0.05, 0) is 35.8 Å². The number of morpholine rings is 1. The van der Waals surface area contributed by atoms with E-state index in [2.05, 4.69) is 28.9 Å². The molecule has 3 rings (SSSR count).